The van der Waals surface area contributed by atoms with Gasteiger partial charge in [-0.25, -0.2) is 0 Å². The van der Waals surface area contributed by atoms with Crippen LogP contribution in [0.2, 0.25) is 0 Å². The summed E-state index contributed by atoms with van der Waals surface area (Å²) in [5.74, 6) is 0.0869. The number of esters is 1. The highest BCUT2D eigenvalue weighted by Gasteiger charge is 2.13. The van der Waals surface area contributed by atoms with Gasteiger partial charge in [0.15, 0.2) is 6.61 Å². The van der Waals surface area contributed by atoms with Crippen LogP contribution < -0.4 is 15.4 Å². The Kier molecular flexibility index (Phi) is 9.13. The van der Waals surface area contributed by atoms with Crippen molar-refractivity contribution in [3.05, 3.63) is 59.1 Å². The largest absolute Gasteiger partial charge is 0.457 e. The number of hydrogen-bond donors (Lipinski definition) is 2. The summed E-state index contributed by atoms with van der Waals surface area (Å²) in [4.78, 5) is 35.8. The molecule has 3 rings (SSSR count). The van der Waals surface area contributed by atoms with Crippen LogP contribution in [0.3, 0.4) is 0 Å². The normalized spacial score (nSPS) is 11.0. The third-order valence-corrected chi connectivity index (χ3v) is 5.77. The first-order valence-corrected chi connectivity index (χ1v) is 12.3. The summed E-state index contributed by atoms with van der Waals surface area (Å²) in [6.45, 7) is 7.84. The molecule has 36 heavy (non-hydrogen) atoms. The molecule has 0 aliphatic heterocycles. The lowest BCUT2D eigenvalue weighted by molar-refractivity contribution is -0.147. The van der Waals surface area contributed by atoms with Crippen molar-refractivity contribution in [1.82, 2.24) is 10.2 Å². The van der Waals surface area contributed by atoms with E-state index in [1.165, 1.54) is 16.9 Å². The molecule has 2 N–H and O–H groups in total. The van der Waals surface area contributed by atoms with E-state index in [1.807, 2.05) is 24.3 Å². The van der Waals surface area contributed by atoms with Crippen LogP contribution in [0.5, 0.6) is 11.5 Å². The maximum Gasteiger partial charge on any atom is 0.306 e. The molecule has 0 unspecified atom stereocenters. The van der Waals surface area contributed by atoms with Crippen molar-refractivity contribution in [2.45, 2.75) is 52.4 Å². The first kappa shape index (κ1) is 26.8. The molecule has 0 atom stereocenters. The van der Waals surface area contributed by atoms with Crippen LogP contribution in [0.15, 0.2) is 48.5 Å². The Morgan fingerprint density at radius 2 is 1.50 bits per heavy atom. The van der Waals surface area contributed by atoms with Gasteiger partial charge in [-0.2, -0.15) is 0 Å². The van der Waals surface area contributed by atoms with Crippen LogP contribution in [0.1, 0.15) is 50.6 Å². The molecule has 3 aromatic rings. The van der Waals surface area contributed by atoms with Gasteiger partial charge in [0, 0.05) is 18.5 Å². The van der Waals surface area contributed by atoms with E-state index < -0.39 is 18.5 Å². The molecule has 0 fully saturated rings. The first-order chi connectivity index (χ1) is 17.1. The second kappa shape index (κ2) is 12.3. The molecular weight excluding hydrogens is 480 g/mol. The molecule has 0 aliphatic carbocycles. The van der Waals surface area contributed by atoms with Gasteiger partial charge in [-0.15, -0.1) is 10.2 Å². The number of ether oxygens (including phenoxy) is 2. The van der Waals surface area contributed by atoms with E-state index >= 15 is 0 Å². The van der Waals surface area contributed by atoms with E-state index in [2.05, 4.69) is 41.6 Å². The van der Waals surface area contributed by atoms with Crippen LogP contribution in [-0.2, 0) is 24.5 Å². The molecule has 10 heteroatoms. The Labute approximate surface area is 214 Å². The van der Waals surface area contributed by atoms with E-state index in [0.29, 0.717) is 23.0 Å². The van der Waals surface area contributed by atoms with E-state index in [1.54, 1.807) is 31.2 Å². The summed E-state index contributed by atoms with van der Waals surface area (Å²) in [6, 6.07) is 14.8. The number of carbonyl (C=O) groups excluding carboxylic acids is 3. The third kappa shape index (κ3) is 8.77. The zero-order valence-electron chi connectivity index (χ0n) is 20.8. The topological polar surface area (TPSA) is 120 Å². The van der Waals surface area contributed by atoms with Crippen LogP contribution in [0.25, 0.3) is 0 Å². The average Bonchev–Trinajstić information content (AvgIpc) is 3.23. The molecule has 2 aromatic carbocycles. The Bertz CT molecular complexity index is 1180. The Morgan fingerprint density at radius 1 is 0.861 bits per heavy atom. The highest BCUT2D eigenvalue weighted by molar-refractivity contribution is 7.15. The highest BCUT2D eigenvalue weighted by atomic mass is 32.1. The Balaban J connectivity index is 1.34. The minimum absolute atomic E-state index is 0.0264. The number of hydrogen-bond acceptors (Lipinski definition) is 8. The molecule has 0 saturated carbocycles. The molecular formula is C26H30N4O5S. The van der Waals surface area contributed by atoms with Gasteiger partial charge in [-0.3, -0.25) is 14.4 Å². The number of aromatic nitrogens is 2. The molecule has 0 bridgehead atoms. The second-order valence-electron chi connectivity index (χ2n) is 9.14. The number of nitrogens with one attached hydrogen (secondary N) is 2. The lowest BCUT2D eigenvalue weighted by Gasteiger charge is -2.19. The van der Waals surface area contributed by atoms with Crippen LogP contribution in [-0.4, -0.2) is 34.6 Å². The number of amides is 2. The minimum Gasteiger partial charge on any atom is -0.457 e. The Morgan fingerprint density at radius 3 is 2.08 bits per heavy atom. The molecule has 0 saturated heterocycles. The number of nitrogens with zero attached hydrogens (tertiary/aromatic N) is 2. The van der Waals surface area contributed by atoms with Crippen molar-refractivity contribution >= 4 is 39.9 Å². The van der Waals surface area contributed by atoms with Crippen molar-refractivity contribution in [2.24, 2.45) is 0 Å². The van der Waals surface area contributed by atoms with Crippen molar-refractivity contribution in [2.75, 3.05) is 17.2 Å². The van der Waals surface area contributed by atoms with Crippen LogP contribution >= 0.6 is 11.3 Å². The summed E-state index contributed by atoms with van der Waals surface area (Å²) in [5.41, 5.74) is 1.84. The quantitative estimate of drug-likeness (QED) is 0.359. The minimum atomic E-state index is -0.550. The van der Waals surface area contributed by atoms with Gasteiger partial charge in [0.25, 0.3) is 5.91 Å². The van der Waals surface area contributed by atoms with E-state index in [9.17, 15) is 14.4 Å². The lowest BCUT2D eigenvalue weighted by atomic mass is 9.87. The zero-order valence-corrected chi connectivity index (χ0v) is 21.6. The summed E-state index contributed by atoms with van der Waals surface area (Å²) in [6.07, 6.45) is 0.457. The average molecular weight is 511 g/mol. The summed E-state index contributed by atoms with van der Waals surface area (Å²) in [5, 5.41) is 14.1. The van der Waals surface area contributed by atoms with Crippen LogP contribution in [0.4, 0.5) is 10.8 Å². The SMILES string of the molecule is Cc1nnc(NC(=O)CCCC(=O)OCC(=O)Nc2ccc(Oc3ccc(C(C)(C)C)cc3)cc2)s1. The standard InChI is InChI=1S/C26H30N4O5S/c1-17-29-30-25(36-17)28-22(31)6-5-7-24(33)34-16-23(32)27-19-10-14-21(15-11-19)35-20-12-8-18(9-13-20)26(2,3)4/h8-15H,5-7,16H2,1-4H3,(H,27,32)(H,28,30,31). The summed E-state index contributed by atoms with van der Waals surface area (Å²) in [7, 11) is 0. The Hall–Kier alpha value is -3.79. The van der Waals surface area contributed by atoms with Crippen molar-refractivity contribution in [3.8, 4) is 11.5 Å². The van der Waals surface area contributed by atoms with Gasteiger partial charge in [-0.1, -0.05) is 44.2 Å². The fourth-order valence-corrected chi connectivity index (χ4v) is 3.71. The molecule has 2 amide bonds. The molecule has 0 aliphatic rings. The maximum atomic E-state index is 12.1. The fraction of sp³-hybridized carbons (Fsp3) is 0.346. The van der Waals surface area contributed by atoms with E-state index in [0.717, 1.165) is 10.8 Å². The van der Waals surface area contributed by atoms with Crippen molar-refractivity contribution < 1.29 is 23.9 Å². The monoisotopic (exact) mass is 510 g/mol. The molecule has 9 nitrogen and oxygen atoms in total. The van der Waals surface area contributed by atoms with Crippen LogP contribution in [0, 0.1) is 6.92 Å². The van der Waals surface area contributed by atoms with Crippen molar-refractivity contribution in [3.63, 3.8) is 0 Å². The number of aryl methyl sites for hydroxylation is 1. The van der Waals surface area contributed by atoms with Gasteiger partial charge >= 0.3 is 5.97 Å². The molecule has 1 aromatic heterocycles. The number of rotatable bonds is 10. The van der Waals surface area contributed by atoms with Gasteiger partial charge in [-0.05, 0) is 60.7 Å². The number of carbonyl (C=O) groups is 3. The van der Waals surface area contributed by atoms with Gasteiger partial charge in [0.05, 0.1) is 0 Å². The third-order valence-electron chi connectivity index (χ3n) is 5.02. The first-order valence-electron chi connectivity index (χ1n) is 11.5. The van der Waals surface area contributed by atoms with Gasteiger partial charge in [0.2, 0.25) is 11.0 Å². The summed E-state index contributed by atoms with van der Waals surface area (Å²) >= 11 is 1.27. The molecule has 0 spiro atoms. The predicted molar refractivity (Wildman–Crippen MR) is 138 cm³/mol. The smallest absolute Gasteiger partial charge is 0.306 e. The van der Waals surface area contributed by atoms with E-state index in [-0.39, 0.29) is 24.2 Å². The predicted octanol–water partition coefficient (Wildman–Crippen LogP) is 5.23. The summed E-state index contributed by atoms with van der Waals surface area (Å²) < 4.78 is 10.8. The van der Waals surface area contributed by atoms with Crippen molar-refractivity contribution in [1.29, 1.82) is 0 Å². The number of anilines is 2. The van der Waals surface area contributed by atoms with Gasteiger partial charge in [0.1, 0.15) is 16.5 Å². The molecule has 0 radical (unpaired) electrons. The molecule has 1 heterocycles. The number of benzene rings is 2. The lowest BCUT2D eigenvalue weighted by Crippen LogP contribution is -2.21. The fourth-order valence-electron chi connectivity index (χ4n) is 3.10. The zero-order chi connectivity index (χ0) is 26.1. The highest BCUT2D eigenvalue weighted by Crippen LogP contribution is 2.27. The second-order valence-corrected chi connectivity index (χ2v) is 10.3. The van der Waals surface area contributed by atoms with Gasteiger partial charge < -0.3 is 20.1 Å². The molecule has 190 valence electrons. The maximum absolute atomic E-state index is 12.1. The van der Waals surface area contributed by atoms with E-state index in [4.69, 9.17) is 9.47 Å².